The Morgan fingerprint density at radius 3 is 2.59 bits per heavy atom. The standard InChI is InChI=1S/C21H15ClN2OS2/c1-14-4-2-3-5-19(14)24-21(25)15(13-23)12-18-10-11-20(27-18)26-17-8-6-16(22)7-9-17/h2-12H,1H3,(H,24,25)/b15-12-. The molecule has 27 heavy (non-hydrogen) atoms. The number of halogens is 1. The molecule has 0 unspecified atom stereocenters. The molecule has 0 aliphatic carbocycles. The van der Waals surface area contributed by atoms with Gasteiger partial charge in [0, 0.05) is 20.5 Å². The molecule has 3 nitrogen and oxygen atoms in total. The third-order valence-electron chi connectivity index (χ3n) is 3.68. The van der Waals surface area contributed by atoms with Gasteiger partial charge in [-0.2, -0.15) is 5.26 Å². The van der Waals surface area contributed by atoms with E-state index in [1.165, 1.54) is 11.3 Å². The first kappa shape index (κ1) is 19.2. The fourth-order valence-electron chi connectivity index (χ4n) is 2.28. The van der Waals surface area contributed by atoms with Crippen molar-refractivity contribution in [3.8, 4) is 6.07 Å². The molecular weight excluding hydrogens is 396 g/mol. The van der Waals surface area contributed by atoms with Crippen molar-refractivity contribution >= 4 is 52.4 Å². The van der Waals surface area contributed by atoms with Crippen molar-refractivity contribution in [2.75, 3.05) is 5.32 Å². The summed E-state index contributed by atoms with van der Waals surface area (Å²) in [6.45, 7) is 1.91. The monoisotopic (exact) mass is 410 g/mol. The van der Waals surface area contributed by atoms with E-state index in [-0.39, 0.29) is 5.57 Å². The topological polar surface area (TPSA) is 52.9 Å². The molecular formula is C21H15ClN2OS2. The Morgan fingerprint density at radius 1 is 1.15 bits per heavy atom. The Labute approximate surface area is 171 Å². The van der Waals surface area contributed by atoms with Crippen LogP contribution in [0.1, 0.15) is 10.4 Å². The normalized spacial score (nSPS) is 11.1. The molecule has 6 heteroatoms. The van der Waals surface area contributed by atoms with Crippen LogP contribution in [0.25, 0.3) is 6.08 Å². The highest BCUT2D eigenvalue weighted by molar-refractivity contribution is 8.01. The third kappa shape index (κ3) is 5.24. The number of carbonyl (C=O) groups excluding carboxylic acids is 1. The summed E-state index contributed by atoms with van der Waals surface area (Å²) >= 11 is 9.04. The molecule has 3 aromatic rings. The second-order valence-corrected chi connectivity index (χ2v) is 8.58. The molecule has 1 heterocycles. The van der Waals surface area contributed by atoms with Gasteiger partial charge in [0.1, 0.15) is 11.6 Å². The van der Waals surface area contributed by atoms with Crippen LogP contribution < -0.4 is 5.32 Å². The highest BCUT2D eigenvalue weighted by Crippen LogP contribution is 2.34. The van der Waals surface area contributed by atoms with Crippen LogP contribution in [-0.2, 0) is 4.79 Å². The van der Waals surface area contributed by atoms with E-state index < -0.39 is 5.91 Å². The average molecular weight is 411 g/mol. The zero-order valence-corrected chi connectivity index (χ0v) is 16.8. The fourth-order valence-corrected chi connectivity index (χ4v) is 4.47. The van der Waals surface area contributed by atoms with Gasteiger partial charge in [-0.3, -0.25) is 4.79 Å². The average Bonchev–Trinajstić information content (AvgIpc) is 3.10. The van der Waals surface area contributed by atoms with E-state index in [1.54, 1.807) is 17.8 Å². The van der Waals surface area contributed by atoms with Gasteiger partial charge in [-0.05, 0) is 61.0 Å². The minimum Gasteiger partial charge on any atom is -0.321 e. The molecule has 0 spiro atoms. The maximum absolute atomic E-state index is 12.4. The summed E-state index contributed by atoms with van der Waals surface area (Å²) in [5.74, 6) is -0.410. The minimum absolute atomic E-state index is 0.0724. The highest BCUT2D eigenvalue weighted by Gasteiger charge is 2.11. The van der Waals surface area contributed by atoms with Gasteiger partial charge >= 0.3 is 0 Å². The summed E-state index contributed by atoms with van der Waals surface area (Å²) in [4.78, 5) is 14.3. The Balaban J connectivity index is 1.73. The largest absolute Gasteiger partial charge is 0.321 e. The van der Waals surface area contributed by atoms with E-state index in [0.717, 1.165) is 19.5 Å². The van der Waals surface area contributed by atoms with Crippen molar-refractivity contribution in [1.29, 1.82) is 5.26 Å². The molecule has 0 radical (unpaired) electrons. The van der Waals surface area contributed by atoms with Crippen molar-refractivity contribution in [2.24, 2.45) is 0 Å². The van der Waals surface area contributed by atoms with Crippen molar-refractivity contribution in [1.82, 2.24) is 0 Å². The second kappa shape index (κ2) is 8.92. The number of hydrogen-bond acceptors (Lipinski definition) is 4. The Hall–Kier alpha value is -2.52. The van der Waals surface area contributed by atoms with Crippen molar-refractivity contribution < 1.29 is 4.79 Å². The molecule has 0 saturated carbocycles. The molecule has 0 saturated heterocycles. The number of amides is 1. The number of benzene rings is 2. The number of para-hydroxylation sites is 1. The van der Waals surface area contributed by atoms with Crippen LogP contribution in [0.3, 0.4) is 0 Å². The molecule has 3 rings (SSSR count). The Bertz CT molecular complexity index is 1030. The zero-order valence-electron chi connectivity index (χ0n) is 14.4. The van der Waals surface area contributed by atoms with Crippen LogP contribution >= 0.6 is 34.7 Å². The highest BCUT2D eigenvalue weighted by atomic mass is 35.5. The first-order chi connectivity index (χ1) is 13.0. The molecule has 0 aliphatic rings. The van der Waals surface area contributed by atoms with Gasteiger partial charge in [-0.1, -0.05) is 41.6 Å². The van der Waals surface area contributed by atoms with Gasteiger partial charge in [-0.15, -0.1) is 11.3 Å². The number of aryl methyl sites for hydroxylation is 1. The molecule has 1 aromatic heterocycles. The summed E-state index contributed by atoms with van der Waals surface area (Å²) < 4.78 is 1.07. The summed E-state index contributed by atoms with van der Waals surface area (Å²) in [7, 11) is 0. The second-order valence-electron chi connectivity index (χ2n) is 5.65. The van der Waals surface area contributed by atoms with Crippen LogP contribution in [-0.4, -0.2) is 5.91 Å². The van der Waals surface area contributed by atoms with Gasteiger partial charge in [0.2, 0.25) is 0 Å². The first-order valence-electron chi connectivity index (χ1n) is 8.07. The van der Waals surface area contributed by atoms with Gasteiger partial charge in [-0.25, -0.2) is 0 Å². The molecule has 1 amide bonds. The molecule has 0 aliphatic heterocycles. The number of nitriles is 1. The molecule has 2 aromatic carbocycles. The third-order valence-corrected chi connectivity index (χ3v) is 6.10. The van der Waals surface area contributed by atoms with Gasteiger partial charge in [0.15, 0.2) is 0 Å². The van der Waals surface area contributed by atoms with Crippen LogP contribution in [0.15, 0.2) is 75.3 Å². The number of hydrogen-bond donors (Lipinski definition) is 1. The zero-order chi connectivity index (χ0) is 19.2. The predicted molar refractivity (Wildman–Crippen MR) is 113 cm³/mol. The van der Waals surface area contributed by atoms with Crippen LogP contribution in [0, 0.1) is 18.3 Å². The van der Waals surface area contributed by atoms with Gasteiger partial charge < -0.3 is 5.32 Å². The van der Waals surface area contributed by atoms with Crippen molar-refractivity contribution in [2.45, 2.75) is 16.0 Å². The molecule has 0 fully saturated rings. The fraction of sp³-hybridized carbons (Fsp3) is 0.0476. The molecule has 134 valence electrons. The molecule has 0 bridgehead atoms. The lowest BCUT2D eigenvalue weighted by Gasteiger charge is -2.06. The summed E-state index contributed by atoms with van der Waals surface area (Å²) in [5.41, 5.74) is 1.72. The summed E-state index contributed by atoms with van der Waals surface area (Å²) in [6.07, 6.45) is 1.62. The summed E-state index contributed by atoms with van der Waals surface area (Å²) in [5, 5.41) is 12.9. The van der Waals surface area contributed by atoms with E-state index in [2.05, 4.69) is 5.32 Å². The van der Waals surface area contributed by atoms with E-state index in [0.29, 0.717) is 10.7 Å². The maximum Gasteiger partial charge on any atom is 0.266 e. The molecule has 1 N–H and O–H groups in total. The summed E-state index contributed by atoms with van der Waals surface area (Å²) in [6, 6.07) is 20.9. The lowest BCUT2D eigenvalue weighted by atomic mass is 10.2. The minimum atomic E-state index is -0.410. The van der Waals surface area contributed by atoms with Gasteiger partial charge in [0.05, 0.1) is 4.21 Å². The number of carbonyl (C=O) groups is 1. The first-order valence-corrected chi connectivity index (χ1v) is 10.1. The van der Waals surface area contributed by atoms with E-state index >= 15 is 0 Å². The van der Waals surface area contributed by atoms with E-state index in [1.807, 2.05) is 73.7 Å². The number of nitrogens with one attached hydrogen (secondary N) is 1. The smallest absolute Gasteiger partial charge is 0.266 e. The lowest BCUT2D eigenvalue weighted by Crippen LogP contribution is -2.14. The van der Waals surface area contributed by atoms with Crippen LogP contribution in [0.2, 0.25) is 5.02 Å². The van der Waals surface area contributed by atoms with Crippen molar-refractivity contribution in [3.63, 3.8) is 0 Å². The van der Waals surface area contributed by atoms with Crippen molar-refractivity contribution in [3.05, 3.63) is 81.7 Å². The van der Waals surface area contributed by atoms with E-state index in [9.17, 15) is 10.1 Å². The molecule has 0 atom stereocenters. The van der Waals surface area contributed by atoms with Crippen LogP contribution in [0.5, 0.6) is 0 Å². The quantitative estimate of drug-likeness (QED) is 0.390. The maximum atomic E-state index is 12.4. The SMILES string of the molecule is Cc1ccccc1NC(=O)/C(C#N)=C\c1ccc(Sc2ccc(Cl)cc2)s1. The Morgan fingerprint density at radius 2 is 1.89 bits per heavy atom. The number of thiophene rings is 1. The Kier molecular flexibility index (Phi) is 6.36. The lowest BCUT2D eigenvalue weighted by molar-refractivity contribution is -0.112. The predicted octanol–water partition coefficient (Wildman–Crippen LogP) is 6.41. The van der Waals surface area contributed by atoms with Crippen LogP contribution in [0.4, 0.5) is 5.69 Å². The number of anilines is 1. The number of rotatable bonds is 5. The van der Waals surface area contributed by atoms with E-state index in [4.69, 9.17) is 11.6 Å². The van der Waals surface area contributed by atoms with Gasteiger partial charge in [0.25, 0.3) is 5.91 Å². The number of nitrogens with zero attached hydrogens (tertiary/aromatic N) is 1.